The van der Waals surface area contributed by atoms with Crippen LogP contribution in [0.1, 0.15) is 25.0 Å². The first-order valence-electron chi connectivity index (χ1n) is 8.65. The van der Waals surface area contributed by atoms with Gasteiger partial charge in [0, 0.05) is 22.2 Å². The van der Waals surface area contributed by atoms with Crippen LogP contribution in [0, 0.1) is 0 Å². The Morgan fingerprint density at radius 1 is 1.38 bits per heavy atom. The van der Waals surface area contributed by atoms with E-state index in [1.165, 1.54) is 11.5 Å². The Morgan fingerprint density at radius 3 is 3.00 bits per heavy atom. The number of rotatable bonds is 0. The average Bonchev–Trinajstić information content (AvgIpc) is 2.99. The molecule has 5 rings (SSSR count). The van der Waals surface area contributed by atoms with Crippen LogP contribution < -0.4 is 11.3 Å². The van der Waals surface area contributed by atoms with Crippen molar-refractivity contribution in [1.29, 1.82) is 0 Å². The Bertz CT molecular complexity index is 1250. The average molecular weight is 351 g/mol. The minimum Gasteiger partial charge on any atom is -0.458 e. The van der Waals surface area contributed by atoms with Crippen molar-refractivity contribution in [3.63, 3.8) is 0 Å². The second-order valence-corrected chi connectivity index (χ2v) is 6.80. The molecule has 7 heteroatoms. The number of fused-ring (bicyclic) bond motifs is 5. The van der Waals surface area contributed by atoms with Gasteiger partial charge in [0.05, 0.1) is 30.4 Å². The highest BCUT2D eigenvalue weighted by atomic mass is 16.6. The molecule has 3 N–H and O–H groups in total. The molecular formula is C19H15N3O4. The first kappa shape index (κ1) is 14.0. The smallest absolute Gasteiger partial charge is 0.342 e. The van der Waals surface area contributed by atoms with Gasteiger partial charge >= 0.3 is 5.97 Å². The number of carbonyl (C=O) groups excluding carboxylic acids is 1. The lowest BCUT2D eigenvalue weighted by molar-refractivity contribution is -0.169. The quantitative estimate of drug-likeness (QED) is 0.365. The van der Waals surface area contributed by atoms with Crippen LogP contribution in [-0.2, 0) is 28.3 Å². The van der Waals surface area contributed by atoms with Gasteiger partial charge in [0.2, 0.25) is 0 Å². The molecule has 7 nitrogen and oxygen atoms in total. The monoisotopic (exact) mass is 351 g/mol. The van der Waals surface area contributed by atoms with E-state index in [-0.39, 0.29) is 35.9 Å². The number of aliphatic hydroxyl groups is 1. The van der Waals surface area contributed by atoms with Crippen molar-refractivity contribution in [3.05, 3.63) is 57.4 Å². The van der Waals surface area contributed by atoms with Gasteiger partial charge < -0.3 is 20.1 Å². The summed E-state index contributed by atoms with van der Waals surface area (Å²) >= 11 is 0. The second kappa shape index (κ2) is 4.70. The van der Waals surface area contributed by atoms with Gasteiger partial charge in [-0.05, 0) is 37.2 Å². The van der Waals surface area contributed by atoms with Gasteiger partial charge in [0.15, 0.2) is 5.60 Å². The first-order chi connectivity index (χ1) is 12.8. The zero-order valence-electron chi connectivity index (χ0n) is 14.9. The van der Waals surface area contributed by atoms with Crippen LogP contribution in [0.15, 0.2) is 35.1 Å². The van der Waals surface area contributed by atoms with E-state index in [2.05, 4.69) is 4.98 Å². The number of nitrogens with two attached hydrogens (primary N) is 1. The molecule has 0 unspecified atom stereocenters. The molecule has 0 amide bonds. The maximum Gasteiger partial charge on any atom is 0.342 e. The predicted molar refractivity (Wildman–Crippen MR) is 94.3 cm³/mol. The zero-order chi connectivity index (χ0) is 19.1. The molecule has 0 bridgehead atoms. The van der Waals surface area contributed by atoms with E-state index < -0.39 is 11.6 Å². The Kier molecular flexibility index (Phi) is 2.54. The maximum atomic E-state index is 13.0. The second-order valence-electron chi connectivity index (χ2n) is 6.80. The van der Waals surface area contributed by atoms with Crippen molar-refractivity contribution in [2.45, 2.75) is 25.7 Å². The van der Waals surface area contributed by atoms with Gasteiger partial charge in [-0.15, -0.1) is 0 Å². The molecule has 2 aliphatic heterocycles. The number of pyridine rings is 2. The molecule has 4 heterocycles. The number of nitrogens with zero attached hydrogens (tertiary/aromatic N) is 2. The van der Waals surface area contributed by atoms with E-state index in [0.717, 1.165) is 0 Å². The molecule has 26 heavy (non-hydrogen) atoms. The van der Waals surface area contributed by atoms with Gasteiger partial charge in [-0.3, -0.25) is 4.79 Å². The fourth-order valence-electron chi connectivity index (χ4n) is 3.65. The van der Waals surface area contributed by atoms with Crippen LogP contribution in [0.5, 0.6) is 0 Å². The topological polar surface area (TPSA) is 107 Å². The van der Waals surface area contributed by atoms with Crippen LogP contribution in [0.25, 0.3) is 22.3 Å². The van der Waals surface area contributed by atoms with Crippen LogP contribution in [-0.4, -0.2) is 20.6 Å². The molecule has 1 atom stereocenters. The molecule has 0 radical (unpaired) electrons. The molecule has 0 spiro atoms. The SMILES string of the molecule is [3H]c1c2c(nc3ccc(N)cc13)-c1cc3c(c(=O)n1C2)COC(=O)[C@@]3(C)O. The zero-order valence-corrected chi connectivity index (χ0v) is 13.9. The lowest BCUT2D eigenvalue weighted by Crippen LogP contribution is -2.42. The molecule has 0 saturated heterocycles. The minimum atomic E-state index is -1.90. The largest absolute Gasteiger partial charge is 0.458 e. The summed E-state index contributed by atoms with van der Waals surface area (Å²) in [4.78, 5) is 29.6. The highest BCUT2D eigenvalue weighted by molar-refractivity contribution is 5.87. The summed E-state index contributed by atoms with van der Waals surface area (Å²) in [5.41, 5.74) is 6.78. The van der Waals surface area contributed by atoms with E-state index >= 15 is 0 Å². The number of cyclic esters (lactones) is 1. The van der Waals surface area contributed by atoms with E-state index in [9.17, 15) is 14.7 Å². The Balaban J connectivity index is 1.84. The van der Waals surface area contributed by atoms with E-state index in [4.69, 9.17) is 11.8 Å². The first-order valence-corrected chi connectivity index (χ1v) is 8.15. The number of ether oxygens (including phenoxy) is 1. The molecule has 1 aromatic carbocycles. The lowest BCUT2D eigenvalue weighted by Gasteiger charge is -2.29. The highest BCUT2D eigenvalue weighted by Gasteiger charge is 2.42. The number of carbonyl (C=O) groups is 1. The number of hydrogen-bond donors (Lipinski definition) is 2. The number of aromatic nitrogens is 2. The normalized spacial score (nSPS) is 21.0. The fourth-order valence-corrected chi connectivity index (χ4v) is 3.65. The van der Waals surface area contributed by atoms with E-state index in [1.54, 1.807) is 24.3 Å². The summed E-state index contributed by atoms with van der Waals surface area (Å²) in [7, 11) is 0. The van der Waals surface area contributed by atoms with Gasteiger partial charge in [-0.25, -0.2) is 9.78 Å². The van der Waals surface area contributed by atoms with Crippen LogP contribution in [0.2, 0.25) is 0 Å². The standard InChI is InChI=1S/C19H15N3O4/c1-19(25)13-6-15-16-10(4-9-5-11(20)2-3-14(9)21-16)7-22(15)17(23)12(13)8-26-18(19)24/h2-6,25H,7-8,20H2,1H3/t19-/m0/s1/i4T. The number of hydrogen-bond acceptors (Lipinski definition) is 6. The number of esters is 1. The molecule has 0 fully saturated rings. The summed E-state index contributed by atoms with van der Waals surface area (Å²) in [5.74, 6) is -0.791. The summed E-state index contributed by atoms with van der Waals surface area (Å²) in [6.07, 6.45) is 0. The molecule has 130 valence electrons. The molecule has 3 aromatic rings. The summed E-state index contributed by atoms with van der Waals surface area (Å²) < 4.78 is 15.0. The van der Waals surface area contributed by atoms with Gasteiger partial charge in [0.25, 0.3) is 5.56 Å². The van der Waals surface area contributed by atoms with Crippen molar-refractivity contribution in [2.75, 3.05) is 5.73 Å². The lowest BCUT2D eigenvalue weighted by atomic mass is 9.90. The summed E-state index contributed by atoms with van der Waals surface area (Å²) in [6.45, 7) is 1.33. The van der Waals surface area contributed by atoms with E-state index in [0.29, 0.717) is 33.5 Å². The van der Waals surface area contributed by atoms with Crippen molar-refractivity contribution in [1.82, 2.24) is 9.55 Å². The Hall–Kier alpha value is -3.19. The van der Waals surface area contributed by atoms with Crippen molar-refractivity contribution in [3.8, 4) is 11.4 Å². The Morgan fingerprint density at radius 2 is 2.19 bits per heavy atom. The van der Waals surface area contributed by atoms with E-state index in [1.807, 2.05) is 0 Å². The van der Waals surface area contributed by atoms with Crippen molar-refractivity contribution < 1.29 is 16.0 Å². The van der Waals surface area contributed by atoms with Gasteiger partial charge in [0.1, 0.15) is 6.61 Å². The van der Waals surface area contributed by atoms with Gasteiger partial charge in [-0.2, -0.15) is 0 Å². The van der Waals surface area contributed by atoms with Crippen LogP contribution in [0.3, 0.4) is 0 Å². The molecule has 0 saturated carbocycles. The molecular weight excluding hydrogens is 334 g/mol. The minimum absolute atomic E-state index is 0.181. The van der Waals surface area contributed by atoms with Crippen molar-refractivity contribution >= 4 is 22.6 Å². The summed E-state index contributed by atoms with van der Waals surface area (Å²) in [6, 6.07) is 7.01. The van der Waals surface area contributed by atoms with Gasteiger partial charge in [-0.1, -0.05) is 0 Å². The highest BCUT2D eigenvalue weighted by Crippen LogP contribution is 2.37. The number of nitrogen functional groups attached to an aromatic ring is 1. The third-order valence-electron chi connectivity index (χ3n) is 5.05. The fraction of sp³-hybridized carbons (Fsp3) is 0.211. The molecule has 2 aromatic heterocycles. The number of benzene rings is 1. The number of anilines is 1. The van der Waals surface area contributed by atoms with Crippen LogP contribution in [0.4, 0.5) is 5.69 Å². The summed E-state index contributed by atoms with van der Waals surface area (Å²) in [5, 5.41) is 11.2. The third kappa shape index (κ3) is 1.83. The van der Waals surface area contributed by atoms with Crippen molar-refractivity contribution in [2.24, 2.45) is 0 Å². The van der Waals surface area contributed by atoms with Crippen LogP contribution >= 0.6 is 0 Å². The maximum absolute atomic E-state index is 13.0. The molecule has 2 aliphatic rings. The molecule has 0 aliphatic carbocycles. The Labute approximate surface area is 149 Å². The third-order valence-corrected chi connectivity index (χ3v) is 5.05. The predicted octanol–water partition coefficient (Wildman–Crippen LogP) is 1.27.